The molecule has 0 bridgehead atoms. The van der Waals surface area contributed by atoms with Crippen molar-refractivity contribution in [2.45, 2.75) is 19.0 Å². The molecule has 0 aliphatic carbocycles. The third-order valence-electron chi connectivity index (χ3n) is 3.11. The molecule has 1 aliphatic rings. The fourth-order valence-electron chi connectivity index (χ4n) is 2.14. The van der Waals surface area contributed by atoms with Crippen molar-refractivity contribution in [3.05, 3.63) is 29.3 Å². The van der Waals surface area contributed by atoms with Crippen LogP contribution in [-0.4, -0.2) is 31.0 Å². The highest BCUT2D eigenvalue weighted by Gasteiger charge is 2.27. The smallest absolute Gasteiger partial charge is 0.235 e. The number of nitrogens with zero attached hydrogens (tertiary/aromatic N) is 1. The summed E-state index contributed by atoms with van der Waals surface area (Å²) in [4.78, 5) is 13.2. The zero-order valence-corrected chi connectivity index (χ0v) is 9.56. The summed E-state index contributed by atoms with van der Waals surface area (Å²) in [5, 5.41) is 0. The highest BCUT2D eigenvalue weighted by Crippen LogP contribution is 2.25. The van der Waals surface area contributed by atoms with E-state index in [1.165, 1.54) is 11.1 Å². The van der Waals surface area contributed by atoms with Crippen LogP contribution in [0.5, 0.6) is 5.75 Å². The molecule has 4 nitrogen and oxygen atoms in total. The highest BCUT2D eigenvalue weighted by molar-refractivity contribution is 5.80. The molecule has 1 aromatic rings. The highest BCUT2D eigenvalue weighted by atomic mass is 16.5. The Morgan fingerprint density at radius 2 is 2.25 bits per heavy atom. The van der Waals surface area contributed by atoms with Gasteiger partial charge in [0.05, 0.1) is 13.2 Å². The van der Waals surface area contributed by atoms with Crippen LogP contribution in [0.1, 0.15) is 11.1 Å². The summed E-state index contributed by atoms with van der Waals surface area (Å²) in [6, 6.07) is 5.75. The molecule has 0 aromatic heterocycles. The van der Waals surface area contributed by atoms with Gasteiger partial charge in [0, 0.05) is 6.54 Å². The fraction of sp³-hybridized carbons (Fsp3) is 0.417. The summed E-state index contributed by atoms with van der Waals surface area (Å²) in [5.41, 5.74) is 7.76. The third-order valence-corrected chi connectivity index (χ3v) is 3.11. The van der Waals surface area contributed by atoms with Crippen LogP contribution < -0.4 is 10.5 Å². The molecule has 0 saturated heterocycles. The minimum atomic E-state index is -0.260. The van der Waals surface area contributed by atoms with Gasteiger partial charge in [0.1, 0.15) is 5.75 Å². The third kappa shape index (κ3) is 1.88. The average Bonchev–Trinajstić information content (AvgIpc) is 2.27. The van der Waals surface area contributed by atoms with E-state index in [4.69, 9.17) is 10.5 Å². The van der Waals surface area contributed by atoms with E-state index < -0.39 is 0 Å². The largest absolute Gasteiger partial charge is 0.497 e. The summed E-state index contributed by atoms with van der Waals surface area (Å²) >= 11 is 0. The number of carbonyl (C=O) groups excluding carboxylic acids is 1. The lowest BCUT2D eigenvalue weighted by molar-refractivity contribution is -0.123. The van der Waals surface area contributed by atoms with Crippen LogP contribution in [0.15, 0.2) is 18.2 Å². The quantitative estimate of drug-likeness (QED) is 0.791. The van der Waals surface area contributed by atoms with Gasteiger partial charge in [-0.15, -0.1) is 0 Å². The molecule has 0 radical (unpaired) electrons. The number of amides is 1. The van der Waals surface area contributed by atoms with Crippen LogP contribution in [-0.2, 0) is 17.8 Å². The number of benzene rings is 1. The molecular weight excluding hydrogens is 204 g/mol. The van der Waals surface area contributed by atoms with Gasteiger partial charge in [-0.2, -0.15) is 0 Å². The van der Waals surface area contributed by atoms with Crippen molar-refractivity contribution in [1.29, 1.82) is 0 Å². The van der Waals surface area contributed by atoms with E-state index in [-0.39, 0.29) is 11.9 Å². The van der Waals surface area contributed by atoms with Crippen LogP contribution in [0.25, 0.3) is 0 Å². The molecule has 0 spiro atoms. The van der Waals surface area contributed by atoms with E-state index in [9.17, 15) is 4.79 Å². The van der Waals surface area contributed by atoms with Crippen molar-refractivity contribution in [1.82, 2.24) is 4.90 Å². The Bertz CT molecular complexity index is 417. The topological polar surface area (TPSA) is 55.6 Å². The van der Waals surface area contributed by atoms with Gasteiger partial charge in [0.25, 0.3) is 0 Å². The lowest BCUT2D eigenvalue weighted by Gasteiger charge is -2.32. The number of rotatable bonds is 2. The second-order valence-electron chi connectivity index (χ2n) is 4.17. The number of hydrogen-bond acceptors (Lipinski definition) is 3. The molecule has 2 rings (SSSR count). The van der Waals surface area contributed by atoms with Gasteiger partial charge < -0.3 is 10.5 Å². The van der Waals surface area contributed by atoms with E-state index in [0.29, 0.717) is 6.42 Å². The van der Waals surface area contributed by atoms with Crippen molar-refractivity contribution in [2.24, 2.45) is 5.73 Å². The monoisotopic (exact) mass is 220 g/mol. The molecule has 1 atom stereocenters. The van der Waals surface area contributed by atoms with Crippen LogP contribution in [0.2, 0.25) is 0 Å². The lowest BCUT2D eigenvalue weighted by Crippen LogP contribution is -2.46. The van der Waals surface area contributed by atoms with E-state index in [0.717, 1.165) is 12.3 Å². The number of hydrogen-bond donors (Lipinski definition) is 1. The number of fused-ring (bicyclic) bond motifs is 1. The first-order valence-corrected chi connectivity index (χ1v) is 5.27. The van der Waals surface area contributed by atoms with Gasteiger partial charge in [-0.05, 0) is 36.7 Å². The Balaban J connectivity index is 2.31. The second kappa shape index (κ2) is 4.14. The van der Waals surface area contributed by atoms with E-state index in [1.807, 2.05) is 30.1 Å². The second-order valence-corrected chi connectivity index (χ2v) is 4.17. The Kier molecular flexibility index (Phi) is 2.83. The molecule has 86 valence electrons. The van der Waals surface area contributed by atoms with Gasteiger partial charge in [0.15, 0.2) is 0 Å². The van der Waals surface area contributed by atoms with Gasteiger partial charge in [-0.3, -0.25) is 9.69 Å². The Morgan fingerprint density at radius 3 is 2.88 bits per heavy atom. The standard InChI is InChI=1S/C12H16N2O2/c1-14-7-9-5-10(16-2)4-3-8(9)6-11(14)12(13)15/h3-5,11H,6-7H2,1-2H3,(H2,13,15). The number of nitrogens with two attached hydrogens (primary N) is 1. The minimum Gasteiger partial charge on any atom is -0.497 e. The average molecular weight is 220 g/mol. The maximum Gasteiger partial charge on any atom is 0.235 e. The molecule has 1 heterocycles. The van der Waals surface area contributed by atoms with Crippen molar-refractivity contribution in [3.8, 4) is 5.75 Å². The Hall–Kier alpha value is -1.55. The number of primary amides is 1. The van der Waals surface area contributed by atoms with Crippen molar-refractivity contribution in [2.75, 3.05) is 14.2 Å². The fourth-order valence-corrected chi connectivity index (χ4v) is 2.14. The normalized spacial score (nSPS) is 20.2. The summed E-state index contributed by atoms with van der Waals surface area (Å²) in [6.45, 7) is 0.736. The lowest BCUT2D eigenvalue weighted by atomic mass is 9.94. The number of ether oxygens (including phenoxy) is 1. The van der Waals surface area contributed by atoms with Crippen LogP contribution >= 0.6 is 0 Å². The van der Waals surface area contributed by atoms with Crippen molar-refractivity contribution >= 4 is 5.91 Å². The Morgan fingerprint density at radius 1 is 1.50 bits per heavy atom. The molecule has 16 heavy (non-hydrogen) atoms. The van der Waals surface area contributed by atoms with Crippen molar-refractivity contribution < 1.29 is 9.53 Å². The molecular formula is C12H16N2O2. The summed E-state index contributed by atoms with van der Waals surface area (Å²) < 4.78 is 5.18. The van der Waals surface area contributed by atoms with E-state index in [2.05, 4.69) is 0 Å². The van der Waals surface area contributed by atoms with Gasteiger partial charge in [0.2, 0.25) is 5.91 Å². The number of methoxy groups -OCH3 is 1. The Labute approximate surface area is 95.0 Å². The molecule has 1 aromatic carbocycles. The summed E-state index contributed by atoms with van der Waals surface area (Å²) in [5.74, 6) is 0.591. The first kappa shape index (κ1) is 11.0. The predicted molar refractivity (Wildman–Crippen MR) is 61.1 cm³/mol. The van der Waals surface area contributed by atoms with E-state index >= 15 is 0 Å². The zero-order chi connectivity index (χ0) is 11.7. The maximum atomic E-state index is 11.3. The molecule has 0 saturated carbocycles. The van der Waals surface area contributed by atoms with Gasteiger partial charge in [-0.1, -0.05) is 6.07 Å². The van der Waals surface area contributed by atoms with Crippen LogP contribution in [0.3, 0.4) is 0 Å². The van der Waals surface area contributed by atoms with Crippen LogP contribution in [0, 0.1) is 0 Å². The summed E-state index contributed by atoms with van der Waals surface area (Å²) in [6.07, 6.45) is 0.686. The zero-order valence-electron chi connectivity index (χ0n) is 9.56. The van der Waals surface area contributed by atoms with Crippen molar-refractivity contribution in [3.63, 3.8) is 0 Å². The molecule has 4 heteroatoms. The summed E-state index contributed by atoms with van der Waals surface area (Å²) in [7, 11) is 3.57. The predicted octanol–water partition coefficient (Wildman–Crippen LogP) is 0.537. The maximum absolute atomic E-state index is 11.3. The SMILES string of the molecule is COc1ccc2c(c1)CN(C)C(C(N)=O)C2. The number of likely N-dealkylation sites (N-methyl/N-ethyl adjacent to an activating group) is 1. The molecule has 2 N–H and O–H groups in total. The van der Waals surface area contributed by atoms with Crippen LogP contribution in [0.4, 0.5) is 0 Å². The minimum absolute atomic E-state index is 0.194. The van der Waals surface area contributed by atoms with Gasteiger partial charge >= 0.3 is 0 Å². The van der Waals surface area contributed by atoms with Gasteiger partial charge in [-0.25, -0.2) is 0 Å². The van der Waals surface area contributed by atoms with E-state index in [1.54, 1.807) is 7.11 Å². The number of carbonyl (C=O) groups is 1. The first-order chi connectivity index (χ1) is 7.61. The first-order valence-electron chi connectivity index (χ1n) is 5.27. The molecule has 0 fully saturated rings. The molecule has 1 aliphatic heterocycles. The molecule has 1 unspecified atom stereocenters. The molecule has 1 amide bonds.